The van der Waals surface area contributed by atoms with Gasteiger partial charge in [0.25, 0.3) is 0 Å². The van der Waals surface area contributed by atoms with Crippen molar-refractivity contribution in [2.24, 2.45) is 17.6 Å². The lowest BCUT2D eigenvalue weighted by Crippen LogP contribution is -2.54. The number of primary amides is 1. The number of fused-ring (bicyclic) bond motifs is 1. The third-order valence-corrected chi connectivity index (χ3v) is 8.52. The summed E-state index contributed by atoms with van der Waals surface area (Å²) in [6, 6.07) is 24.9. The molecule has 0 spiro atoms. The summed E-state index contributed by atoms with van der Waals surface area (Å²) >= 11 is 0. The molecule has 0 aliphatic rings. The summed E-state index contributed by atoms with van der Waals surface area (Å²) in [5.74, 6) is -1.43. The highest BCUT2D eigenvalue weighted by Crippen LogP contribution is 2.26. The minimum atomic E-state index is -1.14. The second kappa shape index (κ2) is 16.4. The molecule has 0 aliphatic carbocycles. The smallest absolute Gasteiger partial charge is 0.407 e. The maximum atomic E-state index is 14.8. The molecule has 1 aromatic heterocycles. The summed E-state index contributed by atoms with van der Waals surface area (Å²) in [6.07, 6.45) is -0.576. The molecule has 3 unspecified atom stereocenters. The number of carbonyl (C=O) groups is 3. The van der Waals surface area contributed by atoms with Crippen molar-refractivity contribution >= 4 is 28.9 Å². The molecule has 1 heterocycles. The Morgan fingerprint density at radius 2 is 1.52 bits per heavy atom. The number of aliphatic hydroxyl groups is 1. The van der Waals surface area contributed by atoms with Gasteiger partial charge in [0.15, 0.2) is 0 Å². The first-order valence-corrected chi connectivity index (χ1v) is 16.6. The highest BCUT2D eigenvalue weighted by molar-refractivity contribution is 5.88. The van der Waals surface area contributed by atoms with Crippen molar-refractivity contribution in [3.05, 3.63) is 102 Å². The van der Waals surface area contributed by atoms with Crippen LogP contribution < -0.4 is 11.1 Å². The standard InChI is InChI=1S/C38H49N5O5/c1-6-25(2)34(35(39)45)43(24-33-40-29-19-13-14-20-30(29)41-33)36(46)28(21-26-15-9-7-10-16-26)23-32(44)31(22-27-17-11-8-12-18-27)42-37(47)48-38(3,4)5/h7-20,25,28,31-32,34,44H,6,21-24H2,1-5H3,(H2,39,45)(H,40,41)(H,42,47)/t25-,28?,31?,32?,34-/m0/s1. The van der Waals surface area contributed by atoms with Crippen LogP contribution in [0.15, 0.2) is 84.9 Å². The first-order valence-electron chi connectivity index (χ1n) is 16.6. The predicted octanol–water partition coefficient (Wildman–Crippen LogP) is 5.54. The zero-order valence-electron chi connectivity index (χ0n) is 28.6. The number of aliphatic hydroxyl groups excluding tert-OH is 1. The fourth-order valence-electron chi connectivity index (χ4n) is 5.99. The number of H-pyrrole nitrogens is 1. The lowest BCUT2D eigenvalue weighted by Gasteiger charge is -2.36. The molecule has 4 aromatic rings. The predicted molar refractivity (Wildman–Crippen MR) is 187 cm³/mol. The molecule has 48 heavy (non-hydrogen) atoms. The Morgan fingerprint density at radius 3 is 2.08 bits per heavy atom. The first-order chi connectivity index (χ1) is 22.8. The number of aromatic nitrogens is 2. The number of nitrogens with one attached hydrogen (secondary N) is 2. The Balaban J connectivity index is 1.71. The minimum absolute atomic E-state index is 0.00361. The molecule has 0 fully saturated rings. The number of carbonyl (C=O) groups excluding carboxylic acids is 3. The van der Waals surface area contributed by atoms with Crippen LogP contribution in [0.3, 0.4) is 0 Å². The normalized spacial score (nSPS) is 14.8. The van der Waals surface area contributed by atoms with Gasteiger partial charge in [-0.15, -0.1) is 0 Å². The highest BCUT2D eigenvalue weighted by atomic mass is 16.6. The number of nitrogens with zero attached hydrogens (tertiary/aromatic N) is 2. The molecule has 256 valence electrons. The molecule has 3 amide bonds. The number of benzene rings is 3. The second-order valence-corrected chi connectivity index (χ2v) is 13.5. The van der Waals surface area contributed by atoms with E-state index in [1.807, 2.05) is 98.8 Å². The average Bonchev–Trinajstić information content (AvgIpc) is 3.46. The van der Waals surface area contributed by atoms with Gasteiger partial charge in [0, 0.05) is 5.92 Å². The number of aromatic amines is 1. The van der Waals surface area contributed by atoms with Gasteiger partial charge in [-0.25, -0.2) is 9.78 Å². The van der Waals surface area contributed by atoms with Crippen LogP contribution in [0.5, 0.6) is 0 Å². The topological polar surface area (TPSA) is 151 Å². The molecule has 5 atom stereocenters. The number of hydrogen-bond acceptors (Lipinski definition) is 6. The van der Waals surface area contributed by atoms with E-state index in [4.69, 9.17) is 15.5 Å². The SMILES string of the molecule is CC[C@H](C)[C@@H](C(N)=O)N(Cc1nc2ccccc2[nH]1)C(=O)C(Cc1ccccc1)CC(O)C(Cc1ccccc1)NC(=O)OC(C)(C)C. The van der Waals surface area contributed by atoms with Gasteiger partial charge in [0.2, 0.25) is 11.8 Å². The number of alkyl carbamates (subject to hydrolysis) is 1. The average molecular weight is 656 g/mol. The molecule has 0 radical (unpaired) electrons. The summed E-state index contributed by atoms with van der Waals surface area (Å²) in [6.45, 7) is 9.19. The van der Waals surface area contributed by atoms with Crippen LogP contribution in [0.4, 0.5) is 4.79 Å². The van der Waals surface area contributed by atoms with Crippen LogP contribution >= 0.6 is 0 Å². The maximum absolute atomic E-state index is 14.8. The highest BCUT2D eigenvalue weighted by Gasteiger charge is 2.38. The Labute approximate surface area is 283 Å². The number of rotatable bonds is 15. The fraction of sp³-hybridized carbons (Fsp3) is 0.421. The van der Waals surface area contributed by atoms with E-state index in [1.165, 1.54) is 4.90 Å². The van der Waals surface area contributed by atoms with Gasteiger partial charge in [-0.3, -0.25) is 9.59 Å². The molecule has 10 nitrogen and oxygen atoms in total. The summed E-state index contributed by atoms with van der Waals surface area (Å²) < 4.78 is 5.53. The van der Waals surface area contributed by atoms with Gasteiger partial charge in [-0.05, 0) is 69.2 Å². The van der Waals surface area contributed by atoms with E-state index in [9.17, 15) is 19.5 Å². The lowest BCUT2D eigenvalue weighted by atomic mass is 9.87. The van der Waals surface area contributed by atoms with Crippen LogP contribution in [0.25, 0.3) is 11.0 Å². The van der Waals surface area contributed by atoms with Gasteiger partial charge < -0.3 is 30.8 Å². The Bertz CT molecular complexity index is 1600. The summed E-state index contributed by atoms with van der Waals surface area (Å²) in [5, 5.41) is 14.7. The Hall–Kier alpha value is -4.70. The molecule has 5 N–H and O–H groups in total. The quantitative estimate of drug-likeness (QED) is 0.132. The molecule has 0 saturated carbocycles. The van der Waals surface area contributed by atoms with Gasteiger partial charge >= 0.3 is 6.09 Å². The lowest BCUT2D eigenvalue weighted by molar-refractivity contribution is -0.146. The maximum Gasteiger partial charge on any atom is 0.407 e. The van der Waals surface area contributed by atoms with Crippen molar-refractivity contribution < 1.29 is 24.2 Å². The summed E-state index contributed by atoms with van der Waals surface area (Å²) in [5.41, 5.74) is 8.61. The van der Waals surface area contributed by atoms with E-state index < -0.39 is 41.7 Å². The molecular weight excluding hydrogens is 606 g/mol. The van der Waals surface area contributed by atoms with Gasteiger partial charge in [-0.1, -0.05) is 93.1 Å². The molecule has 0 saturated heterocycles. The van der Waals surface area contributed by atoms with E-state index in [-0.39, 0.29) is 24.8 Å². The van der Waals surface area contributed by atoms with Crippen molar-refractivity contribution in [2.75, 3.05) is 0 Å². The molecule has 0 aliphatic heterocycles. The zero-order chi connectivity index (χ0) is 34.8. The fourth-order valence-corrected chi connectivity index (χ4v) is 5.99. The summed E-state index contributed by atoms with van der Waals surface area (Å²) in [4.78, 5) is 50.3. The van der Waals surface area contributed by atoms with Crippen molar-refractivity contribution in [3.8, 4) is 0 Å². The van der Waals surface area contributed by atoms with E-state index >= 15 is 0 Å². The van der Waals surface area contributed by atoms with Gasteiger partial charge in [-0.2, -0.15) is 0 Å². The van der Waals surface area contributed by atoms with Crippen LogP contribution in [-0.4, -0.2) is 61.7 Å². The van der Waals surface area contributed by atoms with Crippen LogP contribution in [-0.2, 0) is 33.7 Å². The van der Waals surface area contributed by atoms with Crippen LogP contribution in [0, 0.1) is 11.8 Å². The number of imidazole rings is 1. The Kier molecular flexibility index (Phi) is 12.4. The zero-order valence-corrected chi connectivity index (χ0v) is 28.6. The van der Waals surface area contributed by atoms with E-state index in [0.717, 1.165) is 22.2 Å². The van der Waals surface area contributed by atoms with Gasteiger partial charge in [0.1, 0.15) is 17.5 Å². The third kappa shape index (κ3) is 10.1. The largest absolute Gasteiger partial charge is 0.444 e. The Morgan fingerprint density at radius 1 is 0.938 bits per heavy atom. The number of ether oxygens (including phenoxy) is 1. The third-order valence-electron chi connectivity index (χ3n) is 8.52. The molecule has 3 aromatic carbocycles. The van der Waals surface area contributed by atoms with Crippen molar-refractivity contribution in [1.29, 1.82) is 0 Å². The van der Waals surface area contributed by atoms with Crippen molar-refractivity contribution in [1.82, 2.24) is 20.2 Å². The van der Waals surface area contributed by atoms with Crippen LogP contribution in [0.1, 0.15) is 64.4 Å². The van der Waals surface area contributed by atoms with E-state index in [1.54, 1.807) is 20.8 Å². The number of amides is 3. The van der Waals surface area contributed by atoms with E-state index in [2.05, 4.69) is 10.3 Å². The molecule has 10 heteroatoms. The van der Waals surface area contributed by atoms with Crippen molar-refractivity contribution in [2.45, 2.75) is 90.6 Å². The van der Waals surface area contributed by atoms with Crippen LogP contribution in [0.2, 0.25) is 0 Å². The molecule has 4 rings (SSSR count). The second-order valence-electron chi connectivity index (χ2n) is 13.5. The monoisotopic (exact) mass is 655 g/mol. The minimum Gasteiger partial charge on any atom is -0.444 e. The number of hydrogen-bond donors (Lipinski definition) is 4. The molecular formula is C38H49N5O5. The molecule has 0 bridgehead atoms. The van der Waals surface area contributed by atoms with E-state index in [0.29, 0.717) is 25.1 Å². The number of nitrogens with two attached hydrogens (primary N) is 1. The number of para-hydroxylation sites is 2. The summed E-state index contributed by atoms with van der Waals surface area (Å²) in [7, 11) is 0. The first kappa shape index (κ1) is 36.1. The van der Waals surface area contributed by atoms with Gasteiger partial charge in [0.05, 0.1) is 29.7 Å². The van der Waals surface area contributed by atoms with Crippen molar-refractivity contribution in [3.63, 3.8) is 0 Å².